The van der Waals surface area contributed by atoms with E-state index in [0.29, 0.717) is 34.5 Å². The van der Waals surface area contributed by atoms with Gasteiger partial charge in [-0.05, 0) is 32.0 Å². The number of rotatable bonds is 6. The van der Waals surface area contributed by atoms with Crippen LogP contribution in [0.15, 0.2) is 24.3 Å². The molecule has 1 aliphatic heterocycles. The number of carbonyl (C=O) groups is 3. The summed E-state index contributed by atoms with van der Waals surface area (Å²) in [7, 11) is 1.56. The Labute approximate surface area is 184 Å². The molecular formula is C20H29N5O7. The highest BCUT2D eigenvalue weighted by molar-refractivity contribution is 6.00. The van der Waals surface area contributed by atoms with Gasteiger partial charge in [0.25, 0.3) is 5.91 Å². The summed E-state index contributed by atoms with van der Waals surface area (Å²) in [5, 5.41) is 29.4. The lowest BCUT2D eigenvalue weighted by molar-refractivity contribution is -0.134. The Bertz CT molecular complexity index is 928. The van der Waals surface area contributed by atoms with Gasteiger partial charge in [-0.15, -0.1) is 0 Å². The topological polar surface area (TPSA) is 189 Å². The highest BCUT2D eigenvalue weighted by Gasteiger charge is 2.22. The van der Waals surface area contributed by atoms with E-state index in [1.54, 1.807) is 19.2 Å². The lowest BCUT2D eigenvalue weighted by Gasteiger charge is -2.23. The molecule has 12 nitrogen and oxygen atoms in total. The van der Waals surface area contributed by atoms with Gasteiger partial charge in [0.15, 0.2) is 0 Å². The number of carboxylic acids is 2. The molecule has 12 heteroatoms. The van der Waals surface area contributed by atoms with Crippen LogP contribution in [0.4, 0.5) is 0 Å². The van der Waals surface area contributed by atoms with Gasteiger partial charge < -0.3 is 30.6 Å². The number of ether oxygens (including phenoxy) is 1. The minimum absolute atomic E-state index is 0. The Hall–Kier alpha value is -3.51. The third kappa shape index (κ3) is 7.96. The number of H-pyrrole nitrogens is 1. The molecule has 1 aromatic heterocycles. The largest absolute Gasteiger partial charge is 0.496 e. The Morgan fingerprint density at radius 1 is 1.19 bits per heavy atom. The Kier molecular flexibility index (Phi) is 10.8. The predicted octanol–water partition coefficient (Wildman–Crippen LogP) is 0.458. The molecule has 32 heavy (non-hydrogen) atoms. The second-order valence-corrected chi connectivity index (χ2v) is 6.93. The van der Waals surface area contributed by atoms with Crippen molar-refractivity contribution in [2.24, 2.45) is 0 Å². The van der Waals surface area contributed by atoms with Crippen LogP contribution in [-0.4, -0.2) is 86.6 Å². The average molecular weight is 451 g/mol. The molecule has 1 aromatic carbocycles. The van der Waals surface area contributed by atoms with Crippen LogP contribution in [-0.2, 0) is 9.59 Å². The van der Waals surface area contributed by atoms with Crippen molar-refractivity contribution in [2.45, 2.75) is 32.2 Å². The van der Waals surface area contributed by atoms with Gasteiger partial charge in [-0.2, -0.15) is 15.4 Å². The van der Waals surface area contributed by atoms with E-state index in [2.05, 4.69) is 32.6 Å². The normalized spacial score (nSPS) is 16.4. The van der Waals surface area contributed by atoms with Gasteiger partial charge >= 0.3 is 11.9 Å². The molecule has 6 N–H and O–H groups in total. The number of carboxylic acid groups (broad SMARTS) is 2. The molecular weight excluding hydrogens is 422 g/mol. The number of nitrogens with zero attached hydrogens (tertiary/aromatic N) is 3. The third-order valence-electron chi connectivity index (χ3n) is 4.79. The molecule has 2 heterocycles. The number of carbonyl (C=O) groups excluding carboxylic acids is 1. The molecule has 0 aliphatic carbocycles. The van der Waals surface area contributed by atoms with Crippen LogP contribution in [0.2, 0.25) is 0 Å². The predicted molar refractivity (Wildman–Crippen MR) is 116 cm³/mol. The molecule has 0 bridgehead atoms. The standard InChI is InChI=1S/C16H23N5O2.C4H4O4.H2O/c1-3-21-7-5-4-6-11(10-21)17-16(22)12-8-13-14(19-20-18-13)9-15(12)23-2;5-3(6)1-2-4(7)8;/h8-9,11H,3-7,10H2,1-2H3,(H,17,22)(H,18,19,20);1-2H,(H,5,6)(H,7,8);1H2/b;2-1+;. The zero-order valence-electron chi connectivity index (χ0n) is 18.0. The number of aromatic amines is 1. The van der Waals surface area contributed by atoms with Crippen molar-refractivity contribution in [3.05, 3.63) is 29.8 Å². The van der Waals surface area contributed by atoms with Crippen LogP contribution in [0.5, 0.6) is 5.75 Å². The van der Waals surface area contributed by atoms with Gasteiger partial charge in [0, 0.05) is 30.8 Å². The smallest absolute Gasteiger partial charge is 0.328 e. The number of amides is 1. The second-order valence-electron chi connectivity index (χ2n) is 6.93. The Morgan fingerprint density at radius 2 is 1.81 bits per heavy atom. The van der Waals surface area contributed by atoms with E-state index >= 15 is 0 Å². The van der Waals surface area contributed by atoms with Crippen LogP contribution in [0.1, 0.15) is 36.5 Å². The first-order valence-corrected chi connectivity index (χ1v) is 9.89. The number of benzene rings is 1. The number of methoxy groups -OCH3 is 1. The van der Waals surface area contributed by atoms with Gasteiger partial charge in [0.2, 0.25) is 0 Å². The summed E-state index contributed by atoms with van der Waals surface area (Å²) in [5.41, 5.74) is 1.85. The summed E-state index contributed by atoms with van der Waals surface area (Å²) in [5.74, 6) is -2.11. The minimum Gasteiger partial charge on any atom is -0.496 e. The Morgan fingerprint density at radius 3 is 2.38 bits per heavy atom. The van der Waals surface area contributed by atoms with Crippen LogP contribution in [0, 0.1) is 0 Å². The van der Waals surface area contributed by atoms with Crippen molar-refractivity contribution in [3.8, 4) is 5.75 Å². The quantitative estimate of drug-likeness (QED) is 0.452. The second kappa shape index (κ2) is 13.0. The van der Waals surface area contributed by atoms with E-state index in [-0.39, 0.29) is 17.4 Å². The first-order valence-electron chi connectivity index (χ1n) is 9.89. The highest BCUT2D eigenvalue weighted by atomic mass is 16.5. The lowest BCUT2D eigenvalue weighted by atomic mass is 10.1. The molecule has 1 amide bonds. The number of likely N-dealkylation sites (N-methyl/N-ethyl adjacent to an activating group) is 1. The number of aliphatic carboxylic acids is 2. The lowest BCUT2D eigenvalue weighted by Crippen LogP contribution is -2.42. The minimum atomic E-state index is -1.26. The van der Waals surface area contributed by atoms with Gasteiger partial charge in [-0.3, -0.25) is 4.79 Å². The van der Waals surface area contributed by atoms with Crippen LogP contribution >= 0.6 is 0 Å². The van der Waals surface area contributed by atoms with Gasteiger partial charge in [-0.1, -0.05) is 13.3 Å². The zero-order valence-corrected chi connectivity index (χ0v) is 18.0. The van der Waals surface area contributed by atoms with E-state index in [1.807, 2.05) is 0 Å². The van der Waals surface area contributed by atoms with Crippen LogP contribution in [0.25, 0.3) is 11.0 Å². The monoisotopic (exact) mass is 451 g/mol. The van der Waals surface area contributed by atoms with Gasteiger partial charge in [-0.25, -0.2) is 9.59 Å². The summed E-state index contributed by atoms with van der Waals surface area (Å²) in [4.78, 5) is 34.2. The summed E-state index contributed by atoms with van der Waals surface area (Å²) in [6, 6.07) is 3.63. The molecule has 3 rings (SSSR count). The first kappa shape index (κ1) is 26.5. The van der Waals surface area contributed by atoms with E-state index in [1.165, 1.54) is 6.42 Å². The van der Waals surface area contributed by atoms with Gasteiger partial charge in [0.1, 0.15) is 16.8 Å². The summed E-state index contributed by atoms with van der Waals surface area (Å²) < 4.78 is 5.35. The number of aromatic nitrogens is 3. The Balaban J connectivity index is 0.000000491. The highest BCUT2D eigenvalue weighted by Crippen LogP contribution is 2.24. The fraction of sp³-hybridized carbons (Fsp3) is 0.450. The maximum Gasteiger partial charge on any atom is 0.328 e. The summed E-state index contributed by atoms with van der Waals surface area (Å²) >= 11 is 0. The molecule has 1 fully saturated rings. The molecule has 0 spiro atoms. The fourth-order valence-electron chi connectivity index (χ4n) is 3.25. The van der Waals surface area contributed by atoms with Crippen molar-refractivity contribution in [3.63, 3.8) is 0 Å². The van der Waals surface area contributed by atoms with E-state index in [0.717, 1.165) is 32.5 Å². The molecule has 0 saturated carbocycles. The third-order valence-corrected chi connectivity index (χ3v) is 4.79. The number of likely N-dealkylation sites (tertiary alicyclic amines) is 1. The van der Waals surface area contributed by atoms with Crippen molar-refractivity contribution in [1.29, 1.82) is 0 Å². The van der Waals surface area contributed by atoms with Crippen molar-refractivity contribution in [1.82, 2.24) is 25.6 Å². The SMILES string of the molecule is CCN1CCCCC(NC(=O)c2cc3n[nH]nc3cc2OC)C1.O.O=C(O)/C=C/C(=O)O. The maximum atomic E-state index is 12.7. The average Bonchev–Trinajstić information content (AvgIpc) is 3.08. The molecule has 2 aromatic rings. The number of hydrogen-bond acceptors (Lipinski definition) is 7. The first-order chi connectivity index (χ1) is 14.8. The molecule has 1 aliphatic rings. The van der Waals surface area contributed by atoms with E-state index in [9.17, 15) is 14.4 Å². The van der Waals surface area contributed by atoms with E-state index in [4.69, 9.17) is 14.9 Å². The van der Waals surface area contributed by atoms with Crippen LogP contribution in [0.3, 0.4) is 0 Å². The molecule has 1 saturated heterocycles. The van der Waals surface area contributed by atoms with Crippen molar-refractivity contribution < 1.29 is 34.8 Å². The van der Waals surface area contributed by atoms with Crippen LogP contribution < -0.4 is 10.1 Å². The number of nitrogens with one attached hydrogen (secondary N) is 2. The molecule has 0 radical (unpaired) electrons. The zero-order chi connectivity index (χ0) is 22.8. The summed E-state index contributed by atoms with van der Waals surface area (Å²) in [6.45, 7) is 5.18. The van der Waals surface area contributed by atoms with E-state index < -0.39 is 11.9 Å². The molecule has 1 unspecified atom stereocenters. The van der Waals surface area contributed by atoms with Crippen molar-refractivity contribution in [2.75, 3.05) is 26.7 Å². The number of fused-ring (bicyclic) bond motifs is 1. The maximum absolute atomic E-state index is 12.7. The number of hydrogen-bond donors (Lipinski definition) is 4. The van der Waals surface area contributed by atoms with Gasteiger partial charge in [0.05, 0.1) is 12.7 Å². The summed E-state index contributed by atoms with van der Waals surface area (Å²) in [6.07, 6.45) is 4.46. The van der Waals surface area contributed by atoms with Crippen molar-refractivity contribution >= 4 is 28.9 Å². The molecule has 1 atom stereocenters. The fourth-order valence-corrected chi connectivity index (χ4v) is 3.25. The molecule has 176 valence electrons.